The fourth-order valence-corrected chi connectivity index (χ4v) is 3.67. The number of anilines is 1. The molecule has 1 atom stereocenters. The first-order chi connectivity index (χ1) is 16.1. The Hall–Kier alpha value is -3.86. The van der Waals surface area contributed by atoms with E-state index in [9.17, 15) is 18.4 Å². The Bertz CT molecular complexity index is 1180. The molecule has 0 radical (unpaired) electrons. The lowest BCUT2D eigenvalue weighted by atomic mass is 10.0. The van der Waals surface area contributed by atoms with E-state index in [2.05, 4.69) is 10.1 Å². The van der Waals surface area contributed by atoms with Crippen LogP contribution in [0, 0.1) is 0 Å². The second-order valence-corrected chi connectivity index (χ2v) is 8.20. The highest BCUT2D eigenvalue weighted by Gasteiger charge is 2.44. The van der Waals surface area contributed by atoms with Gasteiger partial charge >= 0.3 is 0 Å². The largest absolute Gasteiger partial charge is 0.383 e. The van der Waals surface area contributed by atoms with Gasteiger partial charge in [0.2, 0.25) is 0 Å². The molecule has 2 aliphatic rings. The summed E-state index contributed by atoms with van der Waals surface area (Å²) < 4.78 is 31.3. The Morgan fingerprint density at radius 2 is 1.88 bits per heavy atom. The number of nitrogens with zero attached hydrogens (tertiary/aromatic N) is 4. The number of likely N-dealkylation sites (N-methyl/N-ethyl adjacent to an activating group) is 1. The zero-order chi connectivity index (χ0) is 24.5. The number of halogens is 2. The van der Waals surface area contributed by atoms with Gasteiger partial charge in [-0.3, -0.25) is 9.59 Å². The summed E-state index contributed by atoms with van der Waals surface area (Å²) in [6.07, 6.45) is 1.34. The van der Waals surface area contributed by atoms with Crippen LogP contribution in [0.15, 0.2) is 53.3 Å². The van der Waals surface area contributed by atoms with Gasteiger partial charge in [0, 0.05) is 36.5 Å². The molecule has 2 fully saturated rings. The van der Waals surface area contributed by atoms with Crippen molar-refractivity contribution in [2.24, 2.45) is 5.73 Å². The number of likely N-dealkylation sites (tertiary alicyclic amines) is 1. The van der Waals surface area contributed by atoms with Gasteiger partial charge in [-0.05, 0) is 24.6 Å². The topological polar surface area (TPSA) is 126 Å². The third-order valence-electron chi connectivity index (χ3n) is 5.56. The summed E-state index contributed by atoms with van der Waals surface area (Å²) in [7, 11) is 1.69. The van der Waals surface area contributed by atoms with Crippen molar-refractivity contribution in [2.75, 3.05) is 31.6 Å². The van der Waals surface area contributed by atoms with Crippen molar-refractivity contribution in [1.82, 2.24) is 15.0 Å². The Morgan fingerprint density at radius 1 is 1.18 bits per heavy atom. The lowest BCUT2D eigenvalue weighted by Crippen LogP contribution is -2.56. The number of amides is 2. The number of aliphatic hydroxyl groups excluding tert-OH is 1. The van der Waals surface area contributed by atoms with Gasteiger partial charge in [0.1, 0.15) is 23.8 Å². The number of carbonyl (C=O) groups excluding carboxylic acids is 2. The van der Waals surface area contributed by atoms with E-state index in [-0.39, 0.29) is 11.6 Å². The van der Waals surface area contributed by atoms with Crippen molar-refractivity contribution in [3.63, 3.8) is 0 Å². The highest BCUT2D eigenvalue weighted by molar-refractivity contribution is 5.93. The van der Waals surface area contributed by atoms with Gasteiger partial charge in [-0.25, -0.2) is 13.8 Å². The summed E-state index contributed by atoms with van der Waals surface area (Å²) in [6.45, 7) is -0.0960. The number of aromatic nitrogens is 2. The maximum absolute atomic E-state index is 13.2. The molecular weight excluding hydrogens is 448 g/mol. The molecule has 178 valence electrons. The van der Waals surface area contributed by atoms with Crippen LogP contribution < -0.4 is 10.6 Å². The quantitative estimate of drug-likeness (QED) is 0.597. The number of primary amides is 1. The van der Waals surface area contributed by atoms with Crippen molar-refractivity contribution < 1.29 is 28.0 Å². The molecule has 1 aromatic carbocycles. The van der Waals surface area contributed by atoms with E-state index in [0.29, 0.717) is 35.6 Å². The molecule has 11 heteroatoms. The standard InChI is InChI=1S/C18H14F2N4O2.C5H9NO2/c19-18(20)9-24(10-18)13-7-15(22-16(8-13)17(21)25)12-3-1-2-11(6-12)14-4-5-26-23-14;1-6-3-2-4(7)5(6)8/h1-8H,9-10H2,(H2,21,25);4,7H,2-3H2,1H3. The molecule has 1 unspecified atom stereocenters. The molecule has 9 nitrogen and oxygen atoms in total. The summed E-state index contributed by atoms with van der Waals surface area (Å²) in [5.74, 6) is -3.58. The summed E-state index contributed by atoms with van der Waals surface area (Å²) in [5.41, 5.74) is 8.51. The van der Waals surface area contributed by atoms with E-state index in [1.807, 2.05) is 24.3 Å². The maximum Gasteiger partial charge on any atom is 0.282 e. The van der Waals surface area contributed by atoms with Gasteiger partial charge in [-0.2, -0.15) is 0 Å². The van der Waals surface area contributed by atoms with Crippen LogP contribution in [0.1, 0.15) is 16.9 Å². The molecule has 2 saturated heterocycles. The molecular formula is C23H23F2N5O4. The average Bonchev–Trinajstić information content (AvgIpc) is 3.44. The van der Waals surface area contributed by atoms with Gasteiger partial charge in [-0.15, -0.1) is 0 Å². The lowest BCUT2D eigenvalue weighted by molar-refractivity contribution is -0.133. The van der Waals surface area contributed by atoms with Crippen LogP contribution in [0.3, 0.4) is 0 Å². The molecule has 0 bridgehead atoms. The Morgan fingerprint density at radius 3 is 2.38 bits per heavy atom. The second-order valence-electron chi connectivity index (χ2n) is 8.20. The van der Waals surface area contributed by atoms with Crippen LogP contribution in [0.25, 0.3) is 22.5 Å². The average molecular weight is 471 g/mol. The van der Waals surface area contributed by atoms with Crippen LogP contribution in [-0.2, 0) is 4.79 Å². The highest BCUT2D eigenvalue weighted by atomic mass is 19.3. The second kappa shape index (κ2) is 9.18. The molecule has 3 aromatic rings. The van der Waals surface area contributed by atoms with Crippen LogP contribution in [0.4, 0.5) is 14.5 Å². The fraction of sp³-hybridized carbons (Fsp3) is 0.304. The first kappa shape index (κ1) is 23.3. The summed E-state index contributed by atoms with van der Waals surface area (Å²) in [5, 5.41) is 12.7. The fourth-order valence-electron chi connectivity index (χ4n) is 3.67. The molecule has 2 aromatic heterocycles. The third-order valence-corrected chi connectivity index (χ3v) is 5.56. The number of hydrogen-bond acceptors (Lipinski definition) is 7. The Labute approximate surface area is 193 Å². The van der Waals surface area contributed by atoms with Crippen molar-refractivity contribution >= 4 is 17.5 Å². The molecule has 5 rings (SSSR count). The summed E-state index contributed by atoms with van der Waals surface area (Å²) in [4.78, 5) is 29.5. The van der Waals surface area contributed by atoms with Crippen molar-refractivity contribution in [2.45, 2.75) is 18.4 Å². The molecule has 4 heterocycles. The third kappa shape index (κ3) is 5.04. The van der Waals surface area contributed by atoms with Gasteiger partial charge in [0.15, 0.2) is 0 Å². The van der Waals surface area contributed by atoms with Gasteiger partial charge in [0.05, 0.1) is 18.8 Å². The number of aliphatic hydroxyl groups is 1. The number of benzene rings is 1. The van der Waals surface area contributed by atoms with E-state index >= 15 is 0 Å². The van der Waals surface area contributed by atoms with E-state index in [1.54, 1.807) is 19.2 Å². The first-order valence-corrected chi connectivity index (χ1v) is 10.5. The molecule has 2 amide bonds. The Kier molecular flexibility index (Phi) is 6.29. The minimum atomic E-state index is -2.72. The van der Waals surface area contributed by atoms with Crippen molar-refractivity contribution in [1.29, 1.82) is 0 Å². The molecule has 34 heavy (non-hydrogen) atoms. The summed E-state index contributed by atoms with van der Waals surface area (Å²) in [6, 6.07) is 12.1. The van der Waals surface area contributed by atoms with E-state index in [0.717, 1.165) is 5.56 Å². The Balaban J connectivity index is 0.000000291. The number of pyridine rings is 1. The predicted molar refractivity (Wildman–Crippen MR) is 119 cm³/mol. The summed E-state index contributed by atoms with van der Waals surface area (Å²) >= 11 is 0. The van der Waals surface area contributed by atoms with Crippen LogP contribution in [-0.4, -0.2) is 70.7 Å². The minimum absolute atomic E-state index is 0.0274. The van der Waals surface area contributed by atoms with Gasteiger partial charge in [0.25, 0.3) is 17.7 Å². The zero-order valence-electron chi connectivity index (χ0n) is 18.3. The van der Waals surface area contributed by atoms with Crippen LogP contribution >= 0.6 is 0 Å². The molecule has 0 saturated carbocycles. The monoisotopic (exact) mass is 471 g/mol. The van der Waals surface area contributed by atoms with Crippen molar-refractivity contribution in [3.05, 3.63) is 54.4 Å². The number of nitrogens with two attached hydrogens (primary N) is 1. The highest BCUT2D eigenvalue weighted by Crippen LogP contribution is 2.34. The number of hydrogen-bond donors (Lipinski definition) is 2. The number of alkyl halides is 2. The number of rotatable bonds is 4. The molecule has 3 N–H and O–H groups in total. The zero-order valence-corrected chi connectivity index (χ0v) is 18.3. The van der Waals surface area contributed by atoms with E-state index < -0.39 is 31.0 Å². The number of carbonyl (C=O) groups is 2. The lowest BCUT2D eigenvalue weighted by Gasteiger charge is -2.40. The van der Waals surface area contributed by atoms with E-state index in [1.165, 1.54) is 22.1 Å². The van der Waals surface area contributed by atoms with Gasteiger partial charge in [-0.1, -0.05) is 23.4 Å². The molecule has 0 spiro atoms. The maximum atomic E-state index is 13.2. The molecule has 0 aliphatic carbocycles. The SMILES string of the molecule is CN1CCC(O)C1=O.NC(=O)c1cc(N2CC(F)(F)C2)cc(-c2cccc(-c3ccon3)c2)n1. The first-order valence-electron chi connectivity index (χ1n) is 10.5. The predicted octanol–water partition coefficient (Wildman–Crippen LogP) is 2.17. The van der Waals surface area contributed by atoms with Crippen molar-refractivity contribution in [3.8, 4) is 22.5 Å². The minimum Gasteiger partial charge on any atom is -0.383 e. The van der Waals surface area contributed by atoms with Crippen LogP contribution in [0.2, 0.25) is 0 Å². The van der Waals surface area contributed by atoms with E-state index in [4.69, 9.17) is 15.4 Å². The normalized spacial score (nSPS) is 18.8. The van der Waals surface area contributed by atoms with Gasteiger partial charge < -0.3 is 25.2 Å². The molecule has 2 aliphatic heterocycles. The van der Waals surface area contributed by atoms with Crippen LogP contribution in [0.5, 0.6) is 0 Å². The smallest absolute Gasteiger partial charge is 0.282 e.